The third-order valence-corrected chi connectivity index (χ3v) is 1.93. The summed E-state index contributed by atoms with van der Waals surface area (Å²) < 4.78 is 17.1. The molecule has 0 amide bonds. The fourth-order valence-electron chi connectivity index (χ4n) is 1.38. The molecule has 2 nitrogen and oxygen atoms in total. The maximum atomic E-state index is 11.8. The lowest BCUT2D eigenvalue weighted by atomic mass is 10.3. The van der Waals surface area contributed by atoms with E-state index in [4.69, 9.17) is 4.74 Å². The number of nitrogens with zero attached hydrogens (tertiary/aromatic N) is 1. The summed E-state index contributed by atoms with van der Waals surface area (Å²) in [5.74, 6) is 0. The van der Waals surface area contributed by atoms with Gasteiger partial charge in [-0.15, -0.1) is 0 Å². The van der Waals surface area contributed by atoms with Gasteiger partial charge >= 0.3 is 0 Å². The number of hydrogen-bond acceptors (Lipinski definition) is 2. The lowest BCUT2D eigenvalue weighted by Gasteiger charge is -2.30. The molecule has 0 unspecified atom stereocenters. The minimum Gasteiger partial charge on any atom is -0.376 e. The Labute approximate surface area is 67.3 Å². The zero-order valence-corrected chi connectivity index (χ0v) is 7.05. The van der Waals surface area contributed by atoms with Crippen molar-refractivity contribution < 1.29 is 9.13 Å². The maximum absolute atomic E-state index is 11.8. The van der Waals surface area contributed by atoms with E-state index in [1.54, 1.807) is 0 Å². The second-order valence-electron chi connectivity index (χ2n) is 3.02. The van der Waals surface area contributed by atoms with Crippen molar-refractivity contribution in [1.82, 2.24) is 4.90 Å². The molecule has 0 aromatic heterocycles. The van der Waals surface area contributed by atoms with Gasteiger partial charge in [0.2, 0.25) is 0 Å². The van der Waals surface area contributed by atoms with Crippen LogP contribution in [0.25, 0.3) is 0 Å². The van der Waals surface area contributed by atoms with Crippen LogP contribution in [0.2, 0.25) is 0 Å². The molecule has 0 radical (unpaired) electrons. The van der Waals surface area contributed by atoms with Crippen molar-refractivity contribution in [3.8, 4) is 0 Å². The van der Waals surface area contributed by atoms with E-state index >= 15 is 0 Å². The van der Waals surface area contributed by atoms with E-state index in [2.05, 4.69) is 11.8 Å². The number of halogens is 1. The van der Waals surface area contributed by atoms with Crippen LogP contribution < -0.4 is 0 Å². The summed E-state index contributed by atoms with van der Waals surface area (Å²) in [6.07, 6.45) is 0.982. The van der Waals surface area contributed by atoms with Crippen LogP contribution in [0.1, 0.15) is 13.3 Å². The standard InChI is InChI=1S/C8H16FNO/c1-8-7-10(4-2-3-9)5-6-11-8/h8H,2-7H2,1H3/t8-/m1/s1. The molecule has 11 heavy (non-hydrogen) atoms. The molecule has 66 valence electrons. The predicted octanol–water partition coefficient (Wildman–Crippen LogP) is 1.07. The molecule has 0 aromatic carbocycles. The van der Waals surface area contributed by atoms with Crippen LogP contribution in [0.4, 0.5) is 4.39 Å². The van der Waals surface area contributed by atoms with E-state index in [0.717, 1.165) is 26.2 Å². The van der Waals surface area contributed by atoms with Crippen molar-refractivity contribution in [2.24, 2.45) is 0 Å². The minimum atomic E-state index is -0.203. The third kappa shape index (κ3) is 3.16. The van der Waals surface area contributed by atoms with Gasteiger partial charge in [0, 0.05) is 19.6 Å². The first-order valence-electron chi connectivity index (χ1n) is 4.23. The van der Waals surface area contributed by atoms with Gasteiger partial charge in [0.1, 0.15) is 0 Å². The summed E-state index contributed by atoms with van der Waals surface area (Å²) in [6, 6.07) is 0. The molecule has 1 saturated heterocycles. The van der Waals surface area contributed by atoms with Crippen molar-refractivity contribution >= 4 is 0 Å². The number of alkyl halides is 1. The Morgan fingerprint density at radius 2 is 2.45 bits per heavy atom. The number of ether oxygens (including phenoxy) is 1. The molecule has 0 N–H and O–H groups in total. The molecule has 1 heterocycles. The molecule has 0 bridgehead atoms. The second-order valence-corrected chi connectivity index (χ2v) is 3.02. The predicted molar refractivity (Wildman–Crippen MR) is 42.4 cm³/mol. The molecule has 1 aliphatic heterocycles. The third-order valence-electron chi connectivity index (χ3n) is 1.93. The number of hydrogen-bond donors (Lipinski definition) is 0. The molecule has 1 aliphatic rings. The zero-order chi connectivity index (χ0) is 8.10. The van der Waals surface area contributed by atoms with E-state index in [-0.39, 0.29) is 6.67 Å². The van der Waals surface area contributed by atoms with E-state index in [9.17, 15) is 4.39 Å². The molecule has 0 aromatic rings. The highest BCUT2D eigenvalue weighted by molar-refractivity contribution is 4.67. The Balaban J connectivity index is 2.12. The largest absolute Gasteiger partial charge is 0.376 e. The van der Waals surface area contributed by atoms with Crippen molar-refractivity contribution in [2.45, 2.75) is 19.4 Å². The molecule has 0 spiro atoms. The van der Waals surface area contributed by atoms with E-state index in [1.165, 1.54) is 0 Å². The van der Waals surface area contributed by atoms with Gasteiger partial charge in [0.05, 0.1) is 19.4 Å². The molecule has 1 rings (SSSR count). The fourth-order valence-corrected chi connectivity index (χ4v) is 1.38. The maximum Gasteiger partial charge on any atom is 0.0906 e. The second kappa shape index (κ2) is 4.67. The summed E-state index contributed by atoms with van der Waals surface area (Å²) in [5.41, 5.74) is 0. The topological polar surface area (TPSA) is 12.5 Å². The van der Waals surface area contributed by atoms with Crippen molar-refractivity contribution in [1.29, 1.82) is 0 Å². The van der Waals surface area contributed by atoms with Gasteiger partial charge in [-0.2, -0.15) is 0 Å². The summed E-state index contributed by atoms with van der Waals surface area (Å²) >= 11 is 0. The number of morpholine rings is 1. The summed E-state index contributed by atoms with van der Waals surface area (Å²) in [7, 11) is 0. The van der Waals surface area contributed by atoms with Crippen molar-refractivity contribution in [3.05, 3.63) is 0 Å². The van der Waals surface area contributed by atoms with Crippen LogP contribution in [0.5, 0.6) is 0 Å². The van der Waals surface area contributed by atoms with Gasteiger partial charge in [-0.25, -0.2) is 0 Å². The van der Waals surface area contributed by atoms with Crippen LogP contribution in [0.3, 0.4) is 0 Å². The van der Waals surface area contributed by atoms with Crippen LogP contribution in [0, 0.1) is 0 Å². The lowest BCUT2D eigenvalue weighted by molar-refractivity contribution is -0.0188. The highest BCUT2D eigenvalue weighted by Gasteiger charge is 2.15. The molecule has 0 aliphatic carbocycles. The summed E-state index contributed by atoms with van der Waals surface area (Å²) in [5, 5.41) is 0. The van der Waals surface area contributed by atoms with Gasteiger partial charge in [0.15, 0.2) is 0 Å². The molecule has 1 atom stereocenters. The number of rotatable bonds is 3. The first kappa shape index (κ1) is 8.94. The molecule has 3 heteroatoms. The monoisotopic (exact) mass is 161 g/mol. The van der Waals surface area contributed by atoms with Gasteiger partial charge in [-0.1, -0.05) is 0 Å². The van der Waals surface area contributed by atoms with Gasteiger partial charge < -0.3 is 4.74 Å². The average molecular weight is 161 g/mol. The van der Waals surface area contributed by atoms with Gasteiger partial charge in [-0.05, 0) is 13.3 Å². The highest BCUT2D eigenvalue weighted by atomic mass is 19.1. The average Bonchev–Trinajstić information content (AvgIpc) is 2.01. The van der Waals surface area contributed by atoms with E-state index < -0.39 is 0 Å². The molecule has 1 fully saturated rings. The Morgan fingerprint density at radius 3 is 3.09 bits per heavy atom. The van der Waals surface area contributed by atoms with Crippen LogP contribution in [-0.4, -0.2) is 43.9 Å². The van der Waals surface area contributed by atoms with Crippen LogP contribution >= 0.6 is 0 Å². The first-order chi connectivity index (χ1) is 5.33. The van der Waals surface area contributed by atoms with Gasteiger partial charge in [-0.3, -0.25) is 9.29 Å². The van der Waals surface area contributed by atoms with Crippen LogP contribution in [-0.2, 0) is 4.74 Å². The first-order valence-corrected chi connectivity index (χ1v) is 4.23. The Bertz CT molecular complexity index is 110. The van der Waals surface area contributed by atoms with E-state index in [0.29, 0.717) is 12.5 Å². The summed E-state index contributed by atoms with van der Waals surface area (Å²) in [6.45, 7) is 5.45. The van der Waals surface area contributed by atoms with Crippen molar-refractivity contribution in [3.63, 3.8) is 0 Å². The Hall–Kier alpha value is -0.150. The smallest absolute Gasteiger partial charge is 0.0906 e. The van der Waals surface area contributed by atoms with Crippen LogP contribution in [0.15, 0.2) is 0 Å². The minimum absolute atomic E-state index is 0.203. The Morgan fingerprint density at radius 1 is 1.64 bits per heavy atom. The summed E-state index contributed by atoms with van der Waals surface area (Å²) in [4.78, 5) is 2.26. The Kier molecular flexibility index (Phi) is 3.80. The molecular formula is C8H16FNO. The fraction of sp³-hybridized carbons (Fsp3) is 1.00. The quantitative estimate of drug-likeness (QED) is 0.614. The van der Waals surface area contributed by atoms with E-state index in [1.807, 2.05) is 0 Å². The normalized spacial score (nSPS) is 27.3. The van der Waals surface area contributed by atoms with Gasteiger partial charge in [0.25, 0.3) is 0 Å². The lowest BCUT2D eigenvalue weighted by Crippen LogP contribution is -2.41. The molecular weight excluding hydrogens is 145 g/mol. The van der Waals surface area contributed by atoms with Crippen molar-refractivity contribution in [2.75, 3.05) is 32.9 Å². The highest BCUT2D eigenvalue weighted by Crippen LogP contribution is 2.04. The SMILES string of the molecule is C[C@@H]1CN(CCCF)CCO1. The molecule has 0 saturated carbocycles. The zero-order valence-electron chi connectivity index (χ0n) is 7.05.